The summed E-state index contributed by atoms with van der Waals surface area (Å²) in [5.74, 6) is 0. The van der Waals surface area contributed by atoms with Gasteiger partial charge in [0.05, 0.1) is 5.69 Å². The van der Waals surface area contributed by atoms with E-state index in [1.807, 2.05) is 24.3 Å². The molecule has 0 aliphatic carbocycles. The summed E-state index contributed by atoms with van der Waals surface area (Å²) in [5, 5.41) is 6.92. The lowest BCUT2D eigenvalue weighted by molar-refractivity contribution is 0.669. The molecule has 0 bridgehead atoms. The average Bonchev–Trinajstić information content (AvgIpc) is 3.73. The van der Waals surface area contributed by atoms with Crippen molar-refractivity contribution >= 4 is 71.7 Å². The van der Waals surface area contributed by atoms with Gasteiger partial charge in [0.1, 0.15) is 22.3 Å². The summed E-state index contributed by atoms with van der Waals surface area (Å²) in [5.41, 5.74) is 11.1. The average molecular weight is 628 g/mol. The van der Waals surface area contributed by atoms with Gasteiger partial charge in [0.15, 0.2) is 0 Å². The van der Waals surface area contributed by atoms with Gasteiger partial charge >= 0.3 is 0 Å². The van der Waals surface area contributed by atoms with Gasteiger partial charge < -0.3 is 13.7 Å². The van der Waals surface area contributed by atoms with Crippen molar-refractivity contribution in [3.63, 3.8) is 0 Å². The van der Waals surface area contributed by atoms with E-state index in [1.54, 1.807) is 0 Å². The maximum absolute atomic E-state index is 6.55. The molecule has 230 valence electrons. The van der Waals surface area contributed by atoms with Crippen molar-refractivity contribution in [3.05, 3.63) is 176 Å². The van der Waals surface area contributed by atoms with Crippen LogP contribution in [0.25, 0.3) is 76.9 Å². The monoisotopic (exact) mass is 627 g/mol. The summed E-state index contributed by atoms with van der Waals surface area (Å²) in [6.07, 6.45) is 0. The third-order valence-corrected chi connectivity index (χ3v) is 9.64. The van der Waals surface area contributed by atoms with Crippen LogP contribution in [0.1, 0.15) is 0 Å². The fourth-order valence-electron chi connectivity index (χ4n) is 7.29. The first-order valence-electron chi connectivity index (χ1n) is 16.6. The largest absolute Gasteiger partial charge is 0.456 e. The van der Waals surface area contributed by atoms with Gasteiger partial charge in [-0.2, -0.15) is 0 Å². The summed E-state index contributed by atoms with van der Waals surface area (Å²) in [7, 11) is 0. The molecule has 0 fully saturated rings. The van der Waals surface area contributed by atoms with Gasteiger partial charge in [-0.25, -0.2) is 0 Å². The Hall–Kier alpha value is -6.58. The van der Waals surface area contributed by atoms with Gasteiger partial charge in [-0.05, 0) is 81.6 Å². The van der Waals surface area contributed by atoms with Crippen LogP contribution in [0.2, 0.25) is 0 Å². The van der Waals surface area contributed by atoms with E-state index in [4.69, 9.17) is 8.83 Å². The van der Waals surface area contributed by atoms with Crippen LogP contribution in [0.3, 0.4) is 0 Å². The lowest BCUT2D eigenvalue weighted by atomic mass is 9.97. The highest BCUT2D eigenvalue weighted by atomic mass is 16.3. The van der Waals surface area contributed by atoms with Crippen LogP contribution < -0.4 is 4.90 Å². The lowest BCUT2D eigenvalue weighted by Crippen LogP contribution is -2.10. The van der Waals surface area contributed by atoms with Gasteiger partial charge in [-0.1, -0.05) is 115 Å². The van der Waals surface area contributed by atoms with Crippen LogP contribution in [0, 0.1) is 0 Å². The number of fused-ring (bicyclic) bond motifs is 7. The molecule has 0 saturated carbocycles. The topological polar surface area (TPSA) is 29.5 Å². The van der Waals surface area contributed by atoms with Crippen molar-refractivity contribution in [2.75, 3.05) is 4.90 Å². The maximum atomic E-state index is 6.55. The molecule has 49 heavy (non-hydrogen) atoms. The van der Waals surface area contributed by atoms with E-state index < -0.39 is 0 Å². The second kappa shape index (κ2) is 11.0. The van der Waals surface area contributed by atoms with E-state index in [0.717, 1.165) is 72.1 Å². The Morgan fingerprint density at radius 3 is 1.78 bits per heavy atom. The summed E-state index contributed by atoms with van der Waals surface area (Å²) in [4.78, 5) is 2.30. The van der Waals surface area contributed by atoms with E-state index in [9.17, 15) is 0 Å². The summed E-state index contributed by atoms with van der Waals surface area (Å²) < 4.78 is 12.9. The number of anilines is 3. The lowest BCUT2D eigenvalue weighted by Gasteiger charge is -2.26. The molecule has 0 saturated heterocycles. The standard InChI is InChI=1S/C46H29NO2/c1-2-11-32(12-3-1)41-27-37(29-45-46(41)40-15-7-9-17-43(40)49-45)47(36-24-25-39-38-14-6-8-16-42(38)48-44(39)28-36)35-22-20-31(21-23-35)34-19-18-30-10-4-5-13-33(30)26-34/h1-29H. The second-order valence-electron chi connectivity index (χ2n) is 12.6. The number of hydrogen-bond acceptors (Lipinski definition) is 3. The SMILES string of the molecule is c1ccc(-c2cc(N(c3ccc(-c4ccc5ccccc5c4)cc3)c3ccc4c(c3)oc3ccccc34)cc3oc4ccccc4c23)cc1. The number of hydrogen-bond donors (Lipinski definition) is 0. The van der Waals surface area contributed by atoms with Crippen molar-refractivity contribution in [1.82, 2.24) is 0 Å². The molecule has 10 rings (SSSR count). The summed E-state index contributed by atoms with van der Waals surface area (Å²) in [6.45, 7) is 0. The molecule has 3 heteroatoms. The predicted octanol–water partition coefficient (Wildman–Crippen LogP) is 13.4. The van der Waals surface area contributed by atoms with Crippen LogP contribution in [0.15, 0.2) is 185 Å². The Balaban J connectivity index is 1.19. The molecule has 0 radical (unpaired) electrons. The molecular formula is C46H29NO2. The van der Waals surface area contributed by atoms with E-state index in [0.29, 0.717) is 0 Å². The molecule has 2 aromatic heterocycles. The highest BCUT2D eigenvalue weighted by molar-refractivity contribution is 6.14. The normalized spacial score (nSPS) is 11.7. The molecule has 0 aliphatic heterocycles. The first-order chi connectivity index (χ1) is 24.3. The second-order valence-corrected chi connectivity index (χ2v) is 12.6. The van der Waals surface area contributed by atoms with Crippen LogP contribution in [-0.2, 0) is 0 Å². The zero-order valence-electron chi connectivity index (χ0n) is 26.5. The Morgan fingerprint density at radius 1 is 0.327 bits per heavy atom. The zero-order chi connectivity index (χ0) is 32.3. The van der Waals surface area contributed by atoms with Crippen molar-refractivity contribution in [2.45, 2.75) is 0 Å². The molecule has 0 atom stereocenters. The number of benzene rings is 8. The Morgan fingerprint density at radius 2 is 0.939 bits per heavy atom. The van der Waals surface area contributed by atoms with E-state index >= 15 is 0 Å². The quantitative estimate of drug-likeness (QED) is 0.190. The van der Waals surface area contributed by atoms with Crippen LogP contribution in [0.5, 0.6) is 0 Å². The molecule has 0 unspecified atom stereocenters. The van der Waals surface area contributed by atoms with Crippen LogP contribution in [-0.4, -0.2) is 0 Å². The minimum absolute atomic E-state index is 0.847. The molecule has 0 N–H and O–H groups in total. The van der Waals surface area contributed by atoms with Gasteiger partial charge in [-0.3, -0.25) is 0 Å². The fraction of sp³-hybridized carbons (Fsp3) is 0. The summed E-state index contributed by atoms with van der Waals surface area (Å²) >= 11 is 0. The molecule has 2 heterocycles. The third-order valence-electron chi connectivity index (χ3n) is 9.64. The molecular weight excluding hydrogens is 599 g/mol. The molecule has 0 amide bonds. The Labute approximate surface area is 282 Å². The van der Waals surface area contributed by atoms with Crippen LogP contribution >= 0.6 is 0 Å². The van der Waals surface area contributed by atoms with Gasteiger partial charge in [0.25, 0.3) is 0 Å². The van der Waals surface area contributed by atoms with Crippen LogP contribution in [0.4, 0.5) is 17.1 Å². The van der Waals surface area contributed by atoms with E-state index in [-0.39, 0.29) is 0 Å². The fourth-order valence-corrected chi connectivity index (χ4v) is 7.29. The van der Waals surface area contributed by atoms with E-state index in [2.05, 4.69) is 157 Å². The predicted molar refractivity (Wildman–Crippen MR) is 204 cm³/mol. The van der Waals surface area contributed by atoms with E-state index in [1.165, 1.54) is 21.9 Å². The van der Waals surface area contributed by atoms with Crippen molar-refractivity contribution in [2.24, 2.45) is 0 Å². The third kappa shape index (κ3) is 4.59. The van der Waals surface area contributed by atoms with Crippen molar-refractivity contribution in [1.29, 1.82) is 0 Å². The van der Waals surface area contributed by atoms with Crippen molar-refractivity contribution < 1.29 is 8.83 Å². The number of furan rings is 2. The first-order valence-corrected chi connectivity index (χ1v) is 16.6. The summed E-state index contributed by atoms with van der Waals surface area (Å²) in [6, 6.07) is 62.1. The number of para-hydroxylation sites is 2. The molecule has 8 aromatic carbocycles. The minimum atomic E-state index is 0.847. The minimum Gasteiger partial charge on any atom is -0.456 e. The maximum Gasteiger partial charge on any atom is 0.138 e. The number of rotatable bonds is 5. The van der Waals surface area contributed by atoms with Gasteiger partial charge in [-0.15, -0.1) is 0 Å². The zero-order valence-corrected chi connectivity index (χ0v) is 26.5. The highest BCUT2D eigenvalue weighted by Gasteiger charge is 2.21. The Bertz CT molecular complexity index is 2830. The molecule has 3 nitrogen and oxygen atoms in total. The molecule has 0 aliphatic rings. The highest BCUT2D eigenvalue weighted by Crippen LogP contribution is 2.45. The first kappa shape index (κ1) is 27.5. The smallest absolute Gasteiger partial charge is 0.138 e. The van der Waals surface area contributed by atoms with Crippen molar-refractivity contribution in [3.8, 4) is 22.3 Å². The Kier molecular flexibility index (Phi) is 6.18. The molecule has 0 spiro atoms. The number of nitrogens with zero attached hydrogens (tertiary/aromatic N) is 1. The van der Waals surface area contributed by atoms with Gasteiger partial charge in [0, 0.05) is 45.1 Å². The van der Waals surface area contributed by atoms with Gasteiger partial charge in [0.2, 0.25) is 0 Å². The molecule has 10 aromatic rings.